The van der Waals surface area contributed by atoms with E-state index in [-0.39, 0.29) is 0 Å². The van der Waals surface area contributed by atoms with Crippen molar-refractivity contribution in [1.82, 2.24) is 9.88 Å². The highest BCUT2D eigenvalue weighted by Gasteiger charge is 2.09. The first-order chi connectivity index (χ1) is 24.2. The fourth-order valence-corrected chi connectivity index (χ4v) is 5.71. The maximum absolute atomic E-state index is 6.28. The second-order valence-corrected chi connectivity index (χ2v) is 14.0. The van der Waals surface area contributed by atoms with Gasteiger partial charge in [0.25, 0.3) is 0 Å². The molecule has 0 saturated heterocycles. The van der Waals surface area contributed by atoms with Gasteiger partial charge in [0.1, 0.15) is 0 Å². The quantitative estimate of drug-likeness (QED) is 0.0529. The van der Waals surface area contributed by atoms with E-state index in [2.05, 4.69) is 92.5 Å². The molecule has 0 aromatic carbocycles. The molecule has 0 amide bonds. The van der Waals surface area contributed by atoms with Crippen LogP contribution in [0.1, 0.15) is 174 Å². The number of allylic oxidation sites excluding steroid dienone is 8. The highest BCUT2D eigenvalue weighted by atomic mass is 16.5. The van der Waals surface area contributed by atoms with E-state index in [1.165, 1.54) is 128 Å². The molecule has 49 heavy (non-hydrogen) atoms. The highest BCUT2D eigenvalue weighted by Crippen LogP contribution is 2.28. The molecule has 0 atom stereocenters. The molecule has 0 aliphatic rings. The van der Waals surface area contributed by atoms with Crippen LogP contribution in [0.15, 0.2) is 60.9 Å². The van der Waals surface area contributed by atoms with Crippen molar-refractivity contribution in [2.45, 2.75) is 174 Å². The summed E-state index contributed by atoms with van der Waals surface area (Å²) in [5.74, 6) is 1.66. The second kappa shape index (κ2) is 35.5. The number of likely N-dealkylation sites (N-methyl/N-ethyl adjacent to an activating group) is 1. The molecule has 280 valence electrons. The van der Waals surface area contributed by atoms with Crippen molar-refractivity contribution < 1.29 is 9.47 Å². The van der Waals surface area contributed by atoms with Crippen LogP contribution < -0.4 is 9.47 Å². The van der Waals surface area contributed by atoms with E-state index < -0.39 is 0 Å². The molecular formula is C45H78N2O2. The molecule has 1 heterocycles. The first kappa shape index (κ1) is 44.7. The summed E-state index contributed by atoms with van der Waals surface area (Å²) in [5.41, 5.74) is 1.07. The fraction of sp³-hybridized carbons (Fsp3) is 0.711. The molecule has 0 saturated carbocycles. The van der Waals surface area contributed by atoms with Gasteiger partial charge in [0.05, 0.1) is 19.4 Å². The Labute approximate surface area is 304 Å². The summed E-state index contributed by atoms with van der Waals surface area (Å²) in [6.07, 6.45) is 51.6. The number of aromatic nitrogens is 1. The van der Waals surface area contributed by atoms with Gasteiger partial charge in [-0.15, -0.1) is 0 Å². The summed E-state index contributed by atoms with van der Waals surface area (Å²) in [5, 5.41) is 0. The van der Waals surface area contributed by atoms with E-state index in [9.17, 15) is 0 Å². The minimum Gasteiger partial charge on any atom is -0.490 e. The molecule has 0 N–H and O–H groups in total. The minimum absolute atomic E-state index is 0.726. The molecule has 0 unspecified atom stereocenters. The van der Waals surface area contributed by atoms with Crippen LogP contribution in [0.4, 0.5) is 0 Å². The van der Waals surface area contributed by atoms with E-state index in [4.69, 9.17) is 9.47 Å². The smallest absolute Gasteiger partial charge is 0.179 e. The van der Waals surface area contributed by atoms with E-state index in [1.54, 1.807) is 0 Å². The third-order valence-electron chi connectivity index (χ3n) is 8.91. The molecule has 0 bridgehead atoms. The van der Waals surface area contributed by atoms with Gasteiger partial charge in [0.15, 0.2) is 11.5 Å². The summed E-state index contributed by atoms with van der Waals surface area (Å²) < 4.78 is 12.5. The van der Waals surface area contributed by atoms with Gasteiger partial charge < -0.3 is 14.4 Å². The van der Waals surface area contributed by atoms with Gasteiger partial charge in [0, 0.05) is 24.7 Å². The average molecular weight is 679 g/mol. The van der Waals surface area contributed by atoms with Crippen LogP contribution in [0.5, 0.6) is 11.5 Å². The average Bonchev–Trinajstić information content (AvgIpc) is 3.10. The largest absolute Gasteiger partial charge is 0.490 e. The Kier molecular flexibility index (Phi) is 32.4. The predicted octanol–water partition coefficient (Wildman–Crippen LogP) is 13.6. The van der Waals surface area contributed by atoms with Crippen LogP contribution in [-0.2, 0) is 6.42 Å². The molecule has 0 fully saturated rings. The Morgan fingerprint density at radius 2 is 0.918 bits per heavy atom. The van der Waals surface area contributed by atoms with Gasteiger partial charge in [-0.05, 0) is 91.1 Å². The van der Waals surface area contributed by atoms with Crippen molar-refractivity contribution in [2.75, 3.05) is 33.9 Å². The standard InChI is InChI=1S/C45H78N2O2/c1-5-7-9-11-13-15-17-19-21-23-25-27-29-31-33-35-39-48-44-41-43(37-38-47(3)4)46-42-45(44)49-40-36-34-32-30-28-26-24-22-20-18-16-14-12-10-8-6-2/h15-18,21-24,41-42H,5-14,19-20,25-40H2,1-4H3/b17-15-,18-16-,23-21-,24-22-. The zero-order valence-electron chi connectivity index (χ0n) is 32.8. The predicted molar refractivity (Wildman–Crippen MR) is 216 cm³/mol. The maximum atomic E-state index is 6.28. The Morgan fingerprint density at radius 1 is 0.510 bits per heavy atom. The molecule has 0 aliphatic carbocycles. The van der Waals surface area contributed by atoms with Gasteiger partial charge in [-0.2, -0.15) is 0 Å². The number of unbranched alkanes of at least 4 members (excludes halogenated alkanes) is 18. The fourth-order valence-electron chi connectivity index (χ4n) is 5.71. The van der Waals surface area contributed by atoms with Gasteiger partial charge in [0.2, 0.25) is 0 Å². The van der Waals surface area contributed by atoms with Crippen LogP contribution in [-0.4, -0.2) is 43.7 Å². The molecule has 0 spiro atoms. The van der Waals surface area contributed by atoms with Crippen LogP contribution in [0.3, 0.4) is 0 Å². The highest BCUT2D eigenvalue weighted by molar-refractivity contribution is 5.39. The number of ether oxygens (including phenoxy) is 2. The number of nitrogens with zero attached hydrogens (tertiary/aromatic N) is 2. The van der Waals surface area contributed by atoms with Crippen molar-refractivity contribution in [1.29, 1.82) is 0 Å². The first-order valence-electron chi connectivity index (χ1n) is 20.7. The Balaban J connectivity index is 2.20. The van der Waals surface area contributed by atoms with Gasteiger partial charge >= 0.3 is 0 Å². The molecule has 1 rings (SSSR count). The zero-order chi connectivity index (χ0) is 35.3. The molecular weight excluding hydrogens is 601 g/mol. The van der Waals surface area contributed by atoms with Crippen molar-refractivity contribution in [2.24, 2.45) is 0 Å². The van der Waals surface area contributed by atoms with E-state index in [1.807, 2.05) is 6.20 Å². The van der Waals surface area contributed by atoms with E-state index in [0.717, 1.165) is 69.1 Å². The first-order valence-corrected chi connectivity index (χ1v) is 20.7. The lowest BCUT2D eigenvalue weighted by atomic mass is 10.1. The van der Waals surface area contributed by atoms with Crippen molar-refractivity contribution in [3.63, 3.8) is 0 Å². The number of hydrogen-bond acceptors (Lipinski definition) is 4. The molecule has 4 nitrogen and oxygen atoms in total. The normalized spacial score (nSPS) is 12.2. The third-order valence-corrected chi connectivity index (χ3v) is 8.91. The Morgan fingerprint density at radius 3 is 1.37 bits per heavy atom. The van der Waals surface area contributed by atoms with E-state index in [0.29, 0.717) is 0 Å². The maximum Gasteiger partial charge on any atom is 0.179 e. The van der Waals surface area contributed by atoms with Crippen molar-refractivity contribution in [3.05, 3.63) is 66.6 Å². The van der Waals surface area contributed by atoms with Gasteiger partial charge in [-0.3, -0.25) is 4.98 Å². The van der Waals surface area contributed by atoms with Crippen molar-refractivity contribution >= 4 is 0 Å². The summed E-state index contributed by atoms with van der Waals surface area (Å²) >= 11 is 0. The van der Waals surface area contributed by atoms with Gasteiger partial charge in [-0.25, -0.2) is 0 Å². The van der Waals surface area contributed by atoms with Crippen LogP contribution >= 0.6 is 0 Å². The summed E-state index contributed by atoms with van der Waals surface area (Å²) in [7, 11) is 4.21. The SMILES string of the molecule is CCCCCC/C=C\C/C=C\CCCCCCCOc1cnc(CCN(C)C)cc1OCCCCCCC/C=C\C/C=C\CCCCCC. The molecule has 1 aromatic heterocycles. The third kappa shape index (κ3) is 30.2. The number of hydrogen-bond donors (Lipinski definition) is 0. The minimum atomic E-state index is 0.726. The summed E-state index contributed by atoms with van der Waals surface area (Å²) in [6, 6.07) is 2.10. The van der Waals surface area contributed by atoms with Crippen LogP contribution in [0, 0.1) is 0 Å². The van der Waals surface area contributed by atoms with E-state index >= 15 is 0 Å². The van der Waals surface area contributed by atoms with Crippen LogP contribution in [0.2, 0.25) is 0 Å². The Hall–Kier alpha value is -2.33. The van der Waals surface area contributed by atoms with Crippen molar-refractivity contribution in [3.8, 4) is 11.5 Å². The molecule has 4 heteroatoms. The lowest BCUT2D eigenvalue weighted by Crippen LogP contribution is -2.15. The lowest BCUT2D eigenvalue weighted by molar-refractivity contribution is 0.257. The molecule has 1 aromatic rings. The van der Waals surface area contributed by atoms with Crippen LogP contribution in [0.25, 0.3) is 0 Å². The summed E-state index contributed by atoms with van der Waals surface area (Å²) in [6.45, 7) is 6.98. The second-order valence-electron chi connectivity index (χ2n) is 14.0. The number of rotatable bonds is 35. The van der Waals surface area contributed by atoms with Gasteiger partial charge in [-0.1, -0.05) is 140 Å². The molecule has 0 radical (unpaired) electrons. The molecule has 0 aliphatic heterocycles. The number of pyridine rings is 1. The topological polar surface area (TPSA) is 34.6 Å². The summed E-state index contributed by atoms with van der Waals surface area (Å²) in [4.78, 5) is 6.88. The zero-order valence-corrected chi connectivity index (χ0v) is 32.8. The Bertz CT molecular complexity index is 965. The monoisotopic (exact) mass is 679 g/mol. The lowest BCUT2D eigenvalue weighted by Gasteiger charge is -2.15.